The highest BCUT2D eigenvalue weighted by molar-refractivity contribution is 7.80. The van der Waals surface area contributed by atoms with Crippen LogP contribution in [0.25, 0.3) is 0 Å². The molecule has 1 aliphatic heterocycles. The Hall–Kier alpha value is 0.270. The Morgan fingerprint density at radius 1 is 1.54 bits per heavy atom. The number of rotatable bonds is 5. The SMILES string of the molecule is CN1CCCC(CNCCCS)C1. The largest absolute Gasteiger partial charge is 0.316 e. The summed E-state index contributed by atoms with van der Waals surface area (Å²) >= 11 is 4.19. The first-order valence-corrected chi connectivity index (χ1v) is 5.96. The molecule has 0 amide bonds. The van der Waals surface area contributed by atoms with Crippen LogP contribution in [0, 0.1) is 5.92 Å². The first-order chi connectivity index (χ1) is 6.33. The van der Waals surface area contributed by atoms with Gasteiger partial charge in [0.2, 0.25) is 0 Å². The van der Waals surface area contributed by atoms with Crippen molar-refractivity contribution in [1.82, 2.24) is 10.2 Å². The Labute approximate surface area is 87.5 Å². The predicted octanol–water partition coefficient (Wildman–Crippen LogP) is 1.24. The molecule has 0 aromatic carbocycles. The first kappa shape index (κ1) is 11.3. The molecule has 1 unspecified atom stereocenters. The molecule has 0 aromatic heterocycles. The number of nitrogens with zero attached hydrogens (tertiary/aromatic N) is 1. The molecule has 0 aromatic rings. The maximum Gasteiger partial charge on any atom is 0.00187 e. The van der Waals surface area contributed by atoms with E-state index < -0.39 is 0 Å². The minimum Gasteiger partial charge on any atom is -0.316 e. The van der Waals surface area contributed by atoms with E-state index >= 15 is 0 Å². The van der Waals surface area contributed by atoms with Crippen molar-refractivity contribution in [2.75, 3.05) is 39.0 Å². The minimum absolute atomic E-state index is 0.874. The van der Waals surface area contributed by atoms with E-state index in [0.717, 1.165) is 18.2 Å². The molecular weight excluding hydrogens is 180 g/mol. The Bertz CT molecular complexity index is 130. The second-order valence-electron chi connectivity index (χ2n) is 4.05. The normalized spacial score (nSPS) is 24.9. The molecule has 2 nitrogen and oxygen atoms in total. The van der Waals surface area contributed by atoms with Crippen LogP contribution in [0.1, 0.15) is 19.3 Å². The third-order valence-electron chi connectivity index (χ3n) is 2.67. The molecule has 1 aliphatic rings. The van der Waals surface area contributed by atoms with Crippen LogP contribution >= 0.6 is 12.6 Å². The lowest BCUT2D eigenvalue weighted by Gasteiger charge is -2.29. The van der Waals surface area contributed by atoms with Crippen LogP contribution in [0.2, 0.25) is 0 Å². The molecule has 1 heterocycles. The van der Waals surface area contributed by atoms with E-state index in [2.05, 4.69) is 29.9 Å². The molecule has 0 saturated carbocycles. The van der Waals surface area contributed by atoms with Crippen molar-refractivity contribution >= 4 is 12.6 Å². The average molecular weight is 202 g/mol. The molecule has 1 atom stereocenters. The molecule has 1 fully saturated rings. The molecule has 3 heteroatoms. The minimum atomic E-state index is 0.874. The zero-order valence-corrected chi connectivity index (χ0v) is 9.52. The molecule has 1 rings (SSSR count). The van der Waals surface area contributed by atoms with Crippen LogP contribution in [0.5, 0.6) is 0 Å². The summed E-state index contributed by atoms with van der Waals surface area (Å²) in [5.41, 5.74) is 0. The molecule has 0 bridgehead atoms. The molecule has 78 valence electrons. The summed E-state index contributed by atoms with van der Waals surface area (Å²) in [5, 5.41) is 3.50. The average Bonchev–Trinajstić information content (AvgIpc) is 2.13. The Kier molecular flexibility index (Phi) is 5.83. The molecule has 0 radical (unpaired) electrons. The van der Waals surface area contributed by atoms with Crippen LogP contribution in [-0.2, 0) is 0 Å². The van der Waals surface area contributed by atoms with Crippen molar-refractivity contribution in [1.29, 1.82) is 0 Å². The third-order valence-corrected chi connectivity index (χ3v) is 2.98. The third kappa shape index (κ3) is 4.89. The zero-order chi connectivity index (χ0) is 9.52. The second-order valence-corrected chi connectivity index (χ2v) is 4.50. The monoisotopic (exact) mass is 202 g/mol. The summed E-state index contributed by atoms with van der Waals surface area (Å²) in [6.45, 7) is 4.88. The maximum absolute atomic E-state index is 4.19. The summed E-state index contributed by atoms with van der Waals surface area (Å²) in [7, 11) is 2.22. The number of hydrogen-bond donors (Lipinski definition) is 2. The number of hydrogen-bond acceptors (Lipinski definition) is 3. The molecule has 1 N–H and O–H groups in total. The van der Waals surface area contributed by atoms with Crippen LogP contribution in [0.3, 0.4) is 0 Å². The van der Waals surface area contributed by atoms with Crippen molar-refractivity contribution in [2.24, 2.45) is 5.92 Å². The van der Waals surface area contributed by atoms with Gasteiger partial charge in [-0.25, -0.2) is 0 Å². The van der Waals surface area contributed by atoms with Crippen LogP contribution in [-0.4, -0.2) is 43.9 Å². The molecule has 0 aliphatic carbocycles. The molecule has 13 heavy (non-hydrogen) atoms. The second kappa shape index (κ2) is 6.68. The van der Waals surface area contributed by atoms with Crippen molar-refractivity contribution in [3.63, 3.8) is 0 Å². The number of thiol groups is 1. The summed E-state index contributed by atoms with van der Waals surface area (Å²) in [4.78, 5) is 2.44. The summed E-state index contributed by atoms with van der Waals surface area (Å²) < 4.78 is 0. The van der Waals surface area contributed by atoms with Gasteiger partial charge in [0.25, 0.3) is 0 Å². The van der Waals surface area contributed by atoms with E-state index in [1.807, 2.05) is 0 Å². The van der Waals surface area contributed by atoms with Crippen molar-refractivity contribution in [3.8, 4) is 0 Å². The van der Waals surface area contributed by atoms with Crippen molar-refractivity contribution in [3.05, 3.63) is 0 Å². The highest BCUT2D eigenvalue weighted by Crippen LogP contribution is 2.13. The van der Waals surface area contributed by atoms with Crippen molar-refractivity contribution < 1.29 is 0 Å². The van der Waals surface area contributed by atoms with E-state index in [1.54, 1.807) is 0 Å². The Morgan fingerprint density at radius 3 is 3.08 bits per heavy atom. The fraction of sp³-hybridized carbons (Fsp3) is 1.00. The van der Waals surface area contributed by atoms with Gasteiger partial charge >= 0.3 is 0 Å². The van der Waals surface area contributed by atoms with Gasteiger partial charge in [-0.05, 0) is 57.6 Å². The lowest BCUT2D eigenvalue weighted by molar-refractivity contribution is 0.206. The smallest absolute Gasteiger partial charge is 0.00187 e. The van der Waals surface area contributed by atoms with Gasteiger partial charge in [0.1, 0.15) is 0 Å². The lowest BCUT2D eigenvalue weighted by Crippen LogP contribution is -2.37. The highest BCUT2D eigenvalue weighted by Gasteiger charge is 2.15. The molecular formula is C10H22N2S. The van der Waals surface area contributed by atoms with Crippen LogP contribution in [0.15, 0.2) is 0 Å². The number of nitrogens with one attached hydrogen (secondary N) is 1. The molecule has 0 spiro atoms. The van der Waals surface area contributed by atoms with E-state index in [0.29, 0.717) is 0 Å². The summed E-state index contributed by atoms with van der Waals surface area (Å²) in [6, 6.07) is 0. The number of piperidine rings is 1. The van der Waals surface area contributed by atoms with Crippen molar-refractivity contribution in [2.45, 2.75) is 19.3 Å². The standard InChI is InChI=1S/C10H22N2S/c1-12-6-2-4-10(9-12)8-11-5-3-7-13/h10-11,13H,2-9H2,1H3. The van der Waals surface area contributed by atoms with E-state index in [9.17, 15) is 0 Å². The maximum atomic E-state index is 4.19. The fourth-order valence-electron chi connectivity index (χ4n) is 1.95. The van der Waals surface area contributed by atoms with Gasteiger partial charge in [-0.15, -0.1) is 0 Å². The molecule has 1 saturated heterocycles. The zero-order valence-electron chi connectivity index (χ0n) is 8.63. The Morgan fingerprint density at radius 2 is 2.38 bits per heavy atom. The topological polar surface area (TPSA) is 15.3 Å². The Balaban J connectivity index is 2.00. The van der Waals surface area contributed by atoms with Gasteiger partial charge in [0.15, 0.2) is 0 Å². The highest BCUT2D eigenvalue weighted by atomic mass is 32.1. The fourth-order valence-corrected chi connectivity index (χ4v) is 2.11. The van der Waals surface area contributed by atoms with Gasteiger partial charge < -0.3 is 10.2 Å². The van der Waals surface area contributed by atoms with E-state index in [-0.39, 0.29) is 0 Å². The van der Waals surface area contributed by atoms with E-state index in [4.69, 9.17) is 0 Å². The van der Waals surface area contributed by atoms with Crippen LogP contribution < -0.4 is 5.32 Å². The van der Waals surface area contributed by atoms with Gasteiger partial charge in [-0.1, -0.05) is 0 Å². The first-order valence-electron chi connectivity index (χ1n) is 5.33. The lowest BCUT2D eigenvalue weighted by atomic mass is 9.98. The van der Waals surface area contributed by atoms with Gasteiger partial charge in [0, 0.05) is 6.54 Å². The summed E-state index contributed by atoms with van der Waals surface area (Å²) in [5.74, 6) is 1.87. The summed E-state index contributed by atoms with van der Waals surface area (Å²) in [6.07, 6.45) is 3.96. The number of likely N-dealkylation sites (tertiary alicyclic amines) is 1. The predicted molar refractivity (Wildman–Crippen MR) is 61.6 cm³/mol. The van der Waals surface area contributed by atoms with Gasteiger partial charge in [-0.3, -0.25) is 0 Å². The quantitative estimate of drug-likeness (QED) is 0.515. The van der Waals surface area contributed by atoms with Crippen LogP contribution in [0.4, 0.5) is 0 Å². The van der Waals surface area contributed by atoms with Gasteiger partial charge in [0.05, 0.1) is 0 Å². The van der Waals surface area contributed by atoms with E-state index in [1.165, 1.54) is 38.9 Å². The van der Waals surface area contributed by atoms with Gasteiger partial charge in [-0.2, -0.15) is 12.6 Å².